The minimum Gasteiger partial charge on any atom is -0.496 e. The third kappa shape index (κ3) is 6.93. The molecule has 0 bridgehead atoms. The van der Waals surface area contributed by atoms with Crippen molar-refractivity contribution >= 4 is 38.6 Å². The Morgan fingerprint density at radius 1 is 1.14 bits per heavy atom. The van der Waals surface area contributed by atoms with Crippen molar-refractivity contribution in [3.8, 4) is 22.9 Å². The Labute approximate surface area is 296 Å². The van der Waals surface area contributed by atoms with Gasteiger partial charge in [0, 0.05) is 49.2 Å². The predicted molar refractivity (Wildman–Crippen MR) is 187 cm³/mol. The van der Waals surface area contributed by atoms with Crippen LogP contribution in [0.4, 0.5) is 0 Å². The topological polar surface area (TPSA) is 171 Å². The molecule has 272 valence electrons. The first-order valence-electron chi connectivity index (χ1n) is 17.5. The highest BCUT2D eigenvalue weighted by Gasteiger charge is 2.62. The number of hydrogen-bond donors (Lipinski definition) is 2. The molecule has 7 rings (SSSR count). The van der Waals surface area contributed by atoms with E-state index in [1.54, 1.807) is 24.8 Å². The van der Waals surface area contributed by atoms with Crippen molar-refractivity contribution in [2.24, 2.45) is 13.0 Å². The Balaban J connectivity index is 1.21. The van der Waals surface area contributed by atoms with Gasteiger partial charge in [-0.25, -0.2) is 13.4 Å². The van der Waals surface area contributed by atoms with Gasteiger partial charge >= 0.3 is 0 Å². The molecule has 4 aliphatic rings. The SMILES string of the molecule is COc1ccc2c(O[C@@H]3C[C@H]4C(=O)N[C@]5(C(=O)NS(=O)(=O)C6CC6)C[C@H]5/C=C\CCCCO[C@H](C)C(=O)N4C3)cc(-c3ccn(C)n3)nc2c1C. The molecule has 2 saturated carbocycles. The lowest BCUT2D eigenvalue weighted by Gasteiger charge is -2.28. The van der Waals surface area contributed by atoms with E-state index >= 15 is 0 Å². The van der Waals surface area contributed by atoms with Crippen LogP contribution in [-0.4, -0.2) is 95.1 Å². The summed E-state index contributed by atoms with van der Waals surface area (Å²) in [4.78, 5) is 48.1. The number of aryl methyl sites for hydroxylation is 2. The van der Waals surface area contributed by atoms with E-state index in [9.17, 15) is 22.8 Å². The zero-order chi connectivity index (χ0) is 36.1. The number of nitrogens with zero attached hydrogens (tertiary/aromatic N) is 4. The van der Waals surface area contributed by atoms with Crippen molar-refractivity contribution in [1.82, 2.24) is 29.7 Å². The van der Waals surface area contributed by atoms with Gasteiger partial charge < -0.3 is 24.4 Å². The van der Waals surface area contributed by atoms with Gasteiger partial charge in [-0.1, -0.05) is 12.2 Å². The molecule has 2 N–H and O–H groups in total. The van der Waals surface area contributed by atoms with E-state index in [1.807, 2.05) is 50.5 Å². The van der Waals surface area contributed by atoms with E-state index in [1.165, 1.54) is 4.90 Å². The number of benzene rings is 1. The second-order valence-electron chi connectivity index (χ2n) is 14.0. The predicted octanol–water partition coefficient (Wildman–Crippen LogP) is 2.93. The first-order chi connectivity index (χ1) is 24.4. The first-order valence-corrected chi connectivity index (χ1v) is 19.1. The molecule has 3 fully saturated rings. The maximum atomic E-state index is 14.2. The summed E-state index contributed by atoms with van der Waals surface area (Å²) in [5, 5.41) is 7.56. The van der Waals surface area contributed by atoms with Crippen molar-refractivity contribution < 1.29 is 37.0 Å². The number of rotatable bonds is 7. The summed E-state index contributed by atoms with van der Waals surface area (Å²) in [7, 11) is -0.431. The van der Waals surface area contributed by atoms with Crippen LogP contribution in [0.3, 0.4) is 0 Å². The highest BCUT2D eigenvalue weighted by atomic mass is 32.2. The number of amides is 3. The minimum atomic E-state index is -3.85. The third-order valence-electron chi connectivity index (χ3n) is 10.3. The van der Waals surface area contributed by atoms with Crippen molar-refractivity contribution in [3.05, 3.63) is 48.2 Å². The fourth-order valence-electron chi connectivity index (χ4n) is 7.09. The number of sulfonamides is 1. The smallest absolute Gasteiger partial charge is 0.259 e. The molecule has 2 aliphatic heterocycles. The molecule has 2 aliphatic carbocycles. The van der Waals surface area contributed by atoms with Crippen molar-refractivity contribution in [1.29, 1.82) is 0 Å². The Bertz CT molecular complexity index is 2010. The molecule has 2 aromatic heterocycles. The van der Waals surface area contributed by atoms with Crippen molar-refractivity contribution in [2.75, 3.05) is 20.3 Å². The Morgan fingerprint density at radius 2 is 1.94 bits per heavy atom. The number of ether oxygens (including phenoxy) is 3. The molecular formula is C36H44N6O8S. The van der Waals surface area contributed by atoms with Gasteiger partial charge in [-0.05, 0) is 70.6 Å². The molecule has 14 nitrogen and oxygen atoms in total. The molecular weight excluding hydrogens is 676 g/mol. The van der Waals surface area contributed by atoms with Crippen molar-refractivity contribution in [3.63, 3.8) is 0 Å². The van der Waals surface area contributed by atoms with Gasteiger partial charge in [0.1, 0.15) is 41.0 Å². The van der Waals surface area contributed by atoms with Crippen LogP contribution in [0.1, 0.15) is 57.4 Å². The number of hydrogen-bond acceptors (Lipinski definition) is 10. The number of carbonyl (C=O) groups excluding carboxylic acids is 3. The number of pyridine rings is 1. The fourth-order valence-corrected chi connectivity index (χ4v) is 8.46. The summed E-state index contributed by atoms with van der Waals surface area (Å²) in [6, 6.07) is 6.37. The van der Waals surface area contributed by atoms with Gasteiger partial charge in [0.25, 0.3) is 11.8 Å². The second kappa shape index (κ2) is 13.6. The van der Waals surface area contributed by atoms with Crippen LogP contribution in [0.25, 0.3) is 22.3 Å². The number of methoxy groups -OCH3 is 1. The van der Waals surface area contributed by atoms with Gasteiger partial charge in [-0.3, -0.25) is 23.8 Å². The lowest BCUT2D eigenvalue weighted by molar-refractivity contribution is -0.147. The molecule has 5 atom stereocenters. The first kappa shape index (κ1) is 34.9. The second-order valence-corrected chi connectivity index (χ2v) is 16.0. The summed E-state index contributed by atoms with van der Waals surface area (Å²) in [5.41, 5.74) is 1.27. The zero-order valence-electron chi connectivity index (χ0n) is 29.3. The number of nitrogens with one attached hydrogen (secondary N) is 2. The van der Waals surface area contributed by atoms with Gasteiger partial charge in [-0.15, -0.1) is 0 Å². The molecule has 1 aromatic carbocycles. The zero-order valence-corrected chi connectivity index (χ0v) is 30.1. The molecule has 3 amide bonds. The molecule has 3 aromatic rings. The van der Waals surface area contributed by atoms with Crippen LogP contribution in [0, 0.1) is 12.8 Å². The summed E-state index contributed by atoms with van der Waals surface area (Å²) < 4.78 is 47.6. The number of carbonyl (C=O) groups is 3. The standard InChI is InChI=1S/C36H44N6O8S/c1-21-30(48-4)13-12-26-31(18-28(37-32(21)26)27-14-15-41(3)39-27)50-24-17-29-33(43)38-36(35(45)40-51(46,47)25-10-11-25)19-23(36)9-7-5-6-8-16-49-22(2)34(44)42(29)20-24/h7,9,12-15,18,22-25,29H,5-6,8,10-11,16-17,19-20H2,1-4H3,(H,38,43)(H,40,45)/b9-7-/t22-,23-,24-,29+,36-/m1/s1. The highest BCUT2D eigenvalue weighted by Crippen LogP contribution is 2.46. The third-order valence-corrected chi connectivity index (χ3v) is 12.1. The molecule has 15 heteroatoms. The maximum Gasteiger partial charge on any atom is 0.259 e. The van der Waals surface area contributed by atoms with E-state index in [0.717, 1.165) is 30.2 Å². The highest BCUT2D eigenvalue weighted by molar-refractivity contribution is 7.91. The summed E-state index contributed by atoms with van der Waals surface area (Å²) in [6.07, 6.45) is 7.84. The molecule has 0 radical (unpaired) electrons. The van der Waals surface area contributed by atoms with E-state index < -0.39 is 50.9 Å². The molecule has 1 saturated heterocycles. The van der Waals surface area contributed by atoms with E-state index in [4.69, 9.17) is 19.2 Å². The number of allylic oxidation sites excluding steroid dienone is 1. The van der Waals surface area contributed by atoms with Crippen LogP contribution >= 0.6 is 0 Å². The monoisotopic (exact) mass is 720 g/mol. The Hall–Kier alpha value is -4.50. The largest absolute Gasteiger partial charge is 0.496 e. The van der Waals surface area contributed by atoms with E-state index in [-0.39, 0.29) is 31.2 Å². The summed E-state index contributed by atoms with van der Waals surface area (Å²) in [5.74, 6) is -0.894. The van der Waals surface area contributed by atoms with Gasteiger partial charge in [-0.2, -0.15) is 5.10 Å². The summed E-state index contributed by atoms with van der Waals surface area (Å²) in [6.45, 7) is 4.05. The maximum absolute atomic E-state index is 14.2. The average molecular weight is 721 g/mol. The van der Waals surface area contributed by atoms with Gasteiger partial charge in [0.05, 0.1) is 30.1 Å². The lowest BCUT2D eigenvalue weighted by Crippen LogP contribution is -2.57. The fraction of sp³-hybridized carbons (Fsp3) is 0.528. The van der Waals surface area contributed by atoms with Gasteiger partial charge in [0.2, 0.25) is 15.9 Å². The molecule has 4 heterocycles. The quantitative estimate of drug-likeness (QED) is 0.346. The number of fused-ring (bicyclic) bond motifs is 3. The van der Waals surface area contributed by atoms with Crippen LogP contribution in [-0.2, 0) is 36.2 Å². The Morgan fingerprint density at radius 3 is 2.67 bits per heavy atom. The van der Waals surface area contributed by atoms with Crippen LogP contribution in [0.2, 0.25) is 0 Å². The van der Waals surface area contributed by atoms with Crippen molar-refractivity contribution in [2.45, 2.75) is 87.8 Å². The normalized spacial score (nSPS) is 27.8. The van der Waals surface area contributed by atoms with E-state index in [0.29, 0.717) is 47.9 Å². The number of aromatic nitrogens is 3. The van der Waals surface area contributed by atoms with Crippen LogP contribution in [0.5, 0.6) is 11.5 Å². The average Bonchev–Trinajstić information content (AvgIpc) is 3.99. The lowest BCUT2D eigenvalue weighted by atomic mass is 10.1. The summed E-state index contributed by atoms with van der Waals surface area (Å²) >= 11 is 0. The van der Waals surface area contributed by atoms with Crippen LogP contribution in [0.15, 0.2) is 42.6 Å². The van der Waals surface area contributed by atoms with Gasteiger partial charge in [0.15, 0.2) is 0 Å². The molecule has 0 spiro atoms. The van der Waals surface area contributed by atoms with E-state index in [2.05, 4.69) is 15.1 Å². The molecule has 0 unspecified atom stereocenters. The minimum absolute atomic E-state index is 0.0844. The van der Waals surface area contributed by atoms with Crippen LogP contribution < -0.4 is 19.5 Å². The molecule has 51 heavy (non-hydrogen) atoms. The Kier molecular flexibility index (Phi) is 9.29.